The zero-order valence-electron chi connectivity index (χ0n) is 16.9. The number of para-hydroxylation sites is 1. The van der Waals surface area contributed by atoms with E-state index in [1.54, 1.807) is 0 Å². The first-order valence-corrected chi connectivity index (χ1v) is 11.7. The molecule has 28 heavy (non-hydrogen) atoms. The fourth-order valence-corrected chi connectivity index (χ4v) is 5.42. The summed E-state index contributed by atoms with van der Waals surface area (Å²) in [4.78, 5) is 3.79. The van der Waals surface area contributed by atoms with Crippen LogP contribution in [-0.2, 0) is 6.54 Å². The molecule has 1 aromatic carbocycles. The highest BCUT2D eigenvalue weighted by Gasteiger charge is 2.22. The maximum atomic E-state index is 3.81. The van der Waals surface area contributed by atoms with Gasteiger partial charge in [0.15, 0.2) is 0 Å². The number of rotatable bonds is 7. The molecule has 1 saturated carbocycles. The van der Waals surface area contributed by atoms with E-state index in [0.717, 1.165) is 12.5 Å². The van der Waals surface area contributed by atoms with Crippen LogP contribution in [0.25, 0.3) is 0 Å². The van der Waals surface area contributed by atoms with Crippen LogP contribution in [-0.4, -0.2) is 6.04 Å². The molecule has 2 heterocycles. The van der Waals surface area contributed by atoms with Crippen LogP contribution in [0.2, 0.25) is 0 Å². The largest absolute Gasteiger partial charge is 0.336 e. The highest BCUT2D eigenvalue weighted by Crippen LogP contribution is 2.35. The van der Waals surface area contributed by atoms with Gasteiger partial charge in [0.2, 0.25) is 0 Å². The van der Waals surface area contributed by atoms with Gasteiger partial charge in [0, 0.05) is 29.4 Å². The molecular weight excluding hydrogens is 360 g/mol. The predicted molar refractivity (Wildman–Crippen MR) is 122 cm³/mol. The van der Waals surface area contributed by atoms with Crippen molar-refractivity contribution < 1.29 is 0 Å². The van der Waals surface area contributed by atoms with Crippen molar-refractivity contribution in [1.82, 2.24) is 5.32 Å². The number of thiophene rings is 1. The molecule has 1 aliphatic heterocycles. The maximum Gasteiger partial charge on any atom is 0.0865 e. The molecule has 4 rings (SSSR count). The van der Waals surface area contributed by atoms with Gasteiger partial charge >= 0.3 is 0 Å². The van der Waals surface area contributed by atoms with E-state index in [4.69, 9.17) is 0 Å². The van der Waals surface area contributed by atoms with Gasteiger partial charge in [0.25, 0.3) is 0 Å². The molecule has 0 amide bonds. The molecule has 2 nitrogen and oxygen atoms in total. The van der Waals surface area contributed by atoms with Gasteiger partial charge in [-0.25, -0.2) is 0 Å². The van der Waals surface area contributed by atoms with Gasteiger partial charge in [-0.15, -0.1) is 11.3 Å². The van der Waals surface area contributed by atoms with Crippen LogP contribution >= 0.6 is 11.3 Å². The molecule has 148 valence electrons. The molecule has 2 atom stereocenters. The zero-order valence-corrected chi connectivity index (χ0v) is 17.7. The topological polar surface area (TPSA) is 15.3 Å². The Morgan fingerprint density at radius 3 is 2.75 bits per heavy atom. The summed E-state index contributed by atoms with van der Waals surface area (Å²) in [6.45, 7) is 3.28. The molecule has 1 fully saturated rings. The fraction of sp³-hybridized carbons (Fsp3) is 0.440. The van der Waals surface area contributed by atoms with E-state index in [1.807, 2.05) is 11.3 Å². The molecule has 2 aliphatic rings. The van der Waals surface area contributed by atoms with Crippen LogP contribution in [0.15, 0.2) is 66.2 Å². The summed E-state index contributed by atoms with van der Waals surface area (Å²) in [6, 6.07) is 14.1. The van der Waals surface area contributed by atoms with Crippen molar-refractivity contribution in [3.63, 3.8) is 0 Å². The third-order valence-electron chi connectivity index (χ3n) is 6.11. The second-order valence-electron chi connectivity index (χ2n) is 8.24. The Balaban J connectivity index is 1.44. The average Bonchev–Trinajstić information content (AvgIpc) is 3.28. The lowest BCUT2D eigenvalue weighted by Gasteiger charge is -2.32. The molecule has 0 spiro atoms. The fourth-order valence-electron chi connectivity index (χ4n) is 4.62. The van der Waals surface area contributed by atoms with Crippen molar-refractivity contribution in [3.05, 3.63) is 76.6 Å². The van der Waals surface area contributed by atoms with Crippen molar-refractivity contribution in [3.8, 4) is 0 Å². The standard InChI is InChI=1S/C25H32N2S/c1-20(18-21-10-3-2-4-11-21)26-19-22-12-5-6-13-23(22)27-16-8-7-14-24(27)25-15-9-17-28-25/h5-9,12-17,20-21,24,26H,2-4,10-11,18-19H2,1H3. The van der Waals surface area contributed by atoms with E-state index < -0.39 is 0 Å². The minimum absolute atomic E-state index is 0.283. The van der Waals surface area contributed by atoms with Crippen molar-refractivity contribution in [2.45, 2.75) is 64.1 Å². The van der Waals surface area contributed by atoms with E-state index in [9.17, 15) is 0 Å². The molecule has 2 unspecified atom stereocenters. The van der Waals surface area contributed by atoms with E-state index >= 15 is 0 Å². The number of nitrogens with zero attached hydrogens (tertiary/aromatic N) is 1. The Morgan fingerprint density at radius 1 is 1.07 bits per heavy atom. The molecule has 0 saturated heterocycles. The van der Waals surface area contributed by atoms with E-state index in [0.29, 0.717) is 6.04 Å². The Labute approximate surface area is 174 Å². The number of anilines is 1. The number of nitrogens with one attached hydrogen (secondary N) is 1. The lowest BCUT2D eigenvalue weighted by molar-refractivity contribution is 0.304. The van der Waals surface area contributed by atoms with Crippen LogP contribution in [0.5, 0.6) is 0 Å². The van der Waals surface area contributed by atoms with Crippen LogP contribution in [0.1, 0.15) is 61.9 Å². The molecule has 1 aromatic heterocycles. The summed E-state index contributed by atoms with van der Waals surface area (Å²) < 4.78 is 0. The van der Waals surface area contributed by atoms with Crippen molar-refractivity contribution in [2.75, 3.05) is 4.90 Å². The van der Waals surface area contributed by atoms with Crippen molar-refractivity contribution >= 4 is 17.0 Å². The summed E-state index contributed by atoms with van der Waals surface area (Å²) >= 11 is 1.83. The van der Waals surface area contributed by atoms with Gasteiger partial charge in [0.05, 0.1) is 6.04 Å². The SMILES string of the molecule is CC(CC1CCCCC1)NCc1ccccc1N1C=CC=CC1c1cccs1. The highest BCUT2D eigenvalue weighted by molar-refractivity contribution is 7.10. The van der Waals surface area contributed by atoms with Gasteiger partial charge in [-0.3, -0.25) is 0 Å². The van der Waals surface area contributed by atoms with Crippen LogP contribution in [0.4, 0.5) is 5.69 Å². The number of benzene rings is 1. The normalized spacial score (nSPS) is 21.2. The van der Waals surface area contributed by atoms with Crippen LogP contribution in [0.3, 0.4) is 0 Å². The second kappa shape index (κ2) is 9.58. The minimum Gasteiger partial charge on any atom is -0.336 e. The molecule has 0 radical (unpaired) electrons. The zero-order chi connectivity index (χ0) is 19.2. The summed E-state index contributed by atoms with van der Waals surface area (Å²) in [6.07, 6.45) is 17.3. The first kappa shape index (κ1) is 19.5. The highest BCUT2D eigenvalue weighted by atomic mass is 32.1. The second-order valence-corrected chi connectivity index (χ2v) is 9.22. The maximum absolute atomic E-state index is 3.81. The van der Waals surface area contributed by atoms with E-state index in [1.165, 1.54) is 54.7 Å². The first-order valence-electron chi connectivity index (χ1n) is 10.8. The molecular formula is C25H32N2S. The van der Waals surface area contributed by atoms with E-state index in [2.05, 4.69) is 83.3 Å². The molecule has 1 N–H and O–H groups in total. The molecule has 3 heteroatoms. The van der Waals surface area contributed by atoms with Gasteiger partial charge in [0.1, 0.15) is 0 Å². The smallest absolute Gasteiger partial charge is 0.0865 e. The van der Waals surface area contributed by atoms with Gasteiger partial charge < -0.3 is 10.2 Å². The lowest BCUT2D eigenvalue weighted by Crippen LogP contribution is -2.30. The Hall–Kier alpha value is -1.84. The predicted octanol–water partition coefficient (Wildman–Crippen LogP) is 6.83. The lowest BCUT2D eigenvalue weighted by atomic mass is 9.85. The number of hydrogen-bond donors (Lipinski definition) is 1. The molecule has 0 bridgehead atoms. The van der Waals surface area contributed by atoms with E-state index in [-0.39, 0.29) is 6.04 Å². The summed E-state index contributed by atoms with van der Waals surface area (Å²) in [5, 5.41) is 5.98. The Kier molecular flexibility index (Phi) is 6.66. The quantitative estimate of drug-likeness (QED) is 0.555. The monoisotopic (exact) mass is 392 g/mol. The Morgan fingerprint density at radius 2 is 1.93 bits per heavy atom. The third kappa shape index (κ3) is 4.76. The summed E-state index contributed by atoms with van der Waals surface area (Å²) in [7, 11) is 0. The number of allylic oxidation sites excluding steroid dienone is 2. The van der Waals surface area contributed by atoms with Gasteiger partial charge in [-0.1, -0.05) is 68.5 Å². The van der Waals surface area contributed by atoms with Crippen LogP contribution in [0, 0.1) is 5.92 Å². The summed E-state index contributed by atoms with van der Waals surface area (Å²) in [5.41, 5.74) is 2.68. The Bertz CT molecular complexity index is 787. The average molecular weight is 393 g/mol. The molecule has 1 aliphatic carbocycles. The van der Waals surface area contributed by atoms with Crippen molar-refractivity contribution in [1.29, 1.82) is 0 Å². The van der Waals surface area contributed by atoms with Gasteiger partial charge in [-0.05, 0) is 48.4 Å². The third-order valence-corrected chi connectivity index (χ3v) is 7.05. The minimum atomic E-state index is 0.283. The number of hydrogen-bond acceptors (Lipinski definition) is 3. The summed E-state index contributed by atoms with van der Waals surface area (Å²) in [5.74, 6) is 0.921. The van der Waals surface area contributed by atoms with Crippen molar-refractivity contribution in [2.24, 2.45) is 5.92 Å². The first-order chi connectivity index (χ1) is 13.8. The molecule has 2 aromatic rings. The van der Waals surface area contributed by atoms with Crippen LogP contribution < -0.4 is 10.2 Å². The van der Waals surface area contributed by atoms with Gasteiger partial charge in [-0.2, -0.15) is 0 Å².